The van der Waals surface area contributed by atoms with Crippen LogP contribution in [0.4, 0.5) is 17.1 Å². The van der Waals surface area contributed by atoms with Crippen LogP contribution in [0.1, 0.15) is 11.3 Å². The molecule has 0 unspecified atom stereocenters. The van der Waals surface area contributed by atoms with E-state index in [-0.39, 0.29) is 22.7 Å². The van der Waals surface area contributed by atoms with E-state index in [0.29, 0.717) is 27.0 Å². The molecule has 11 heteroatoms. The summed E-state index contributed by atoms with van der Waals surface area (Å²) in [4.78, 5) is 33.2. The van der Waals surface area contributed by atoms with Crippen LogP contribution in [-0.2, 0) is 4.79 Å². The molecule has 0 radical (unpaired) electrons. The van der Waals surface area contributed by atoms with Gasteiger partial charge in [0.1, 0.15) is 23.2 Å². The molecule has 10 nitrogen and oxygen atoms in total. The van der Waals surface area contributed by atoms with Gasteiger partial charge in [-0.1, -0.05) is 0 Å². The molecule has 160 valence electrons. The summed E-state index contributed by atoms with van der Waals surface area (Å²) >= 11 is 3.27. The van der Waals surface area contributed by atoms with E-state index in [1.54, 1.807) is 25.1 Å². The number of anilines is 1. The Morgan fingerprint density at radius 3 is 2.34 bits per heavy atom. The minimum absolute atomic E-state index is 0.0859. The van der Waals surface area contributed by atoms with Crippen LogP contribution in [0.15, 0.2) is 63.0 Å². The number of carbonyl (C=O) groups is 1. The number of aryl methyl sites for hydroxylation is 1. The standard InChI is InChI=1S/C21H13BrN4O6/c1-12-8-14(25(28)29)3-6-19(12)24-21(27)13(11-23)9-16-4-7-20(32-16)17-5-2-15(26(30)31)10-18(17)22/h2-10H,1H3,(H,24,27)/b13-9+. The molecule has 2 aromatic carbocycles. The smallest absolute Gasteiger partial charge is 0.270 e. The van der Waals surface area contributed by atoms with Crippen molar-refractivity contribution in [2.24, 2.45) is 0 Å². The first-order chi connectivity index (χ1) is 15.2. The summed E-state index contributed by atoms with van der Waals surface area (Å²) in [5, 5.41) is 33.7. The highest BCUT2D eigenvalue weighted by Crippen LogP contribution is 2.33. The molecule has 1 aromatic heterocycles. The van der Waals surface area contributed by atoms with Gasteiger partial charge in [-0.2, -0.15) is 5.26 Å². The van der Waals surface area contributed by atoms with E-state index >= 15 is 0 Å². The van der Waals surface area contributed by atoms with Crippen LogP contribution < -0.4 is 5.32 Å². The molecule has 0 aliphatic heterocycles. The zero-order chi connectivity index (χ0) is 23.4. The van der Waals surface area contributed by atoms with Crippen LogP contribution >= 0.6 is 15.9 Å². The molecule has 0 spiro atoms. The summed E-state index contributed by atoms with van der Waals surface area (Å²) < 4.78 is 6.11. The topological polar surface area (TPSA) is 152 Å². The molecule has 0 aliphatic carbocycles. The molecule has 0 fully saturated rings. The Balaban J connectivity index is 1.82. The van der Waals surface area contributed by atoms with Gasteiger partial charge in [-0.25, -0.2) is 0 Å². The second-order valence-corrected chi connectivity index (χ2v) is 7.36. The van der Waals surface area contributed by atoms with Gasteiger partial charge in [0.2, 0.25) is 0 Å². The fourth-order valence-corrected chi connectivity index (χ4v) is 3.34. The van der Waals surface area contributed by atoms with Gasteiger partial charge in [0.25, 0.3) is 17.3 Å². The quantitative estimate of drug-likeness (QED) is 0.208. The Morgan fingerprint density at radius 2 is 1.75 bits per heavy atom. The molecular weight excluding hydrogens is 484 g/mol. The predicted octanol–water partition coefficient (Wildman–Crippen LogP) is 5.38. The molecule has 0 aliphatic rings. The maximum absolute atomic E-state index is 12.5. The number of halogens is 1. The third-order valence-corrected chi connectivity index (χ3v) is 5.03. The lowest BCUT2D eigenvalue weighted by molar-refractivity contribution is -0.385. The fourth-order valence-electron chi connectivity index (χ4n) is 2.77. The monoisotopic (exact) mass is 496 g/mol. The molecule has 0 atom stereocenters. The Kier molecular flexibility index (Phi) is 6.46. The lowest BCUT2D eigenvalue weighted by Crippen LogP contribution is -2.14. The highest BCUT2D eigenvalue weighted by Gasteiger charge is 2.16. The largest absolute Gasteiger partial charge is 0.457 e. The molecule has 3 aromatic rings. The first-order valence-electron chi connectivity index (χ1n) is 8.92. The summed E-state index contributed by atoms with van der Waals surface area (Å²) in [6, 6.07) is 13.1. The van der Waals surface area contributed by atoms with E-state index in [9.17, 15) is 30.3 Å². The van der Waals surface area contributed by atoms with Gasteiger partial charge in [0.15, 0.2) is 0 Å². The number of carbonyl (C=O) groups excluding carboxylic acids is 1. The molecule has 1 heterocycles. The van der Waals surface area contributed by atoms with Gasteiger partial charge in [-0.3, -0.25) is 25.0 Å². The lowest BCUT2D eigenvalue weighted by atomic mass is 10.1. The number of nitrogens with zero attached hydrogens (tertiary/aromatic N) is 3. The Hall–Kier alpha value is -4.30. The summed E-state index contributed by atoms with van der Waals surface area (Å²) in [6.07, 6.45) is 1.25. The first kappa shape index (κ1) is 22.4. The van der Waals surface area contributed by atoms with Crippen molar-refractivity contribution < 1.29 is 19.1 Å². The van der Waals surface area contributed by atoms with Gasteiger partial charge in [0, 0.05) is 46.1 Å². The van der Waals surface area contributed by atoms with Crippen molar-refractivity contribution in [2.45, 2.75) is 6.92 Å². The van der Waals surface area contributed by atoms with Crippen molar-refractivity contribution in [2.75, 3.05) is 5.32 Å². The SMILES string of the molecule is Cc1cc([N+](=O)[O-])ccc1NC(=O)/C(C#N)=C/c1ccc(-c2ccc([N+](=O)[O-])cc2Br)o1. The summed E-state index contributed by atoms with van der Waals surface area (Å²) in [6.45, 7) is 1.60. The van der Waals surface area contributed by atoms with Crippen molar-refractivity contribution in [1.82, 2.24) is 0 Å². The van der Waals surface area contributed by atoms with Gasteiger partial charge in [-0.05, 0) is 52.7 Å². The number of benzene rings is 2. The molecule has 0 saturated carbocycles. The van der Waals surface area contributed by atoms with E-state index in [0.717, 1.165) is 0 Å². The predicted molar refractivity (Wildman–Crippen MR) is 119 cm³/mol. The minimum atomic E-state index is -0.709. The number of rotatable bonds is 6. The molecule has 1 amide bonds. The second-order valence-electron chi connectivity index (χ2n) is 6.50. The average Bonchev–Trinajstić information content (AvgIpc) is 3.21. The number of nitriles is 1. The van der Waals surface area contributed by atoms with Crippen molar-refractivity contribution in [1.29, 1.82) is 5.26 Å². The van der Waals surface area contributed by atoms with Crippen LogP contribution in [0.3, 0.4) is 0 Å². The van der Waals surface area contributed by atoms with E-state index in [1.807, 2.05) is 0 Å². The lowest BCUT2D eigenvalue weighted by Gasteiger charge is -2.07. The van der Waals surface area contributed by atoms with Gasteiger partial charge in [0.05, 0.1) is 9.85 Å². The number of nitro benzene ring substituents is 2. The van der Waals surface area contributed by atoms with Crippen molar-refractivity contribution in [3.63, 3.8) is 0 Å². The Bertz CT molecular complexity index is 1320. The second kappa shape index (κ2) is 9.23. The number of amides is 1. The highest BCUT2D eigenvalue weighted by atomic mass is 79.9. The van der Waals surface area contributed by atoms with E-state index in [2.05, 4.69) is 21.2 Å². The number of nitrogens with one attached hydrogen (secondary N) is 1. The van der Waals surface area contributed by atoms with Gasteiger partial charge in [-0.15, -0.1) is 0 Å². The van der Waals surface area contributed by atoms with E-state index in [1.165, 1.54) is 42.5 Å². The maximum atomic E-state index is 12.5. The van der Waals surface area contributed by atoms with Crippen LogP contribution in [0, 0.1) is 38.5 Å². The van der Waals surface area contributed by atoms with Crippen LogP contribution in [0.5, 0.6) is 0 Å². The Morgan fingerprint density at radius 1 is 1.09 bits per heavy atom. The van der Waals surface area contributed by atoms with Gasteiger partial charge < -0.3 is 9.73 Å². The maximum Gasteiger partial charge on any atom is 0.270 e. The van der Waals surface area contributed by atoms with Crippen LogP contribution in [0.2, 0.25) is 0 Å². The molecule has 1 N–H and O–H groups in total. The van der Waals surface area contributed by atoms with Gasteiger partial charge >= 0.3 is 0 Å². The molecule has 3 rings (SSSR count). The number of non-ortho nitro benzene ring substituents is 2. The number of hydrogen-bond acceptors (Lipinski definition) is 7. The molecule has 0 bridgehead atoms. The van der Waals surface area contributed by atoms with Crippen LogP contribution in [-0.4, -0.2) is 15.8 Å². The van der Waals surface area contributed by atoms with Crippen molar-refractivity contribution in [3.8, 4) is 17.4 Å². The molecule has 0 saturated heterocycles. The normalized spacial score (nSPS) is 11.0. The highest BCUT2D eigenvalue weighted by molar-refractivity contribution is 9.10. The Labute approximate surface area is 189 Å². The zero-order valence-corrected chi connectivity index (χ0v) is 18.0. The molecule has 32 heavy (non-hydrogen) atoms. The third kappa shape index (κ3) is 4.88. The number of nitro groups is 2. The minimum Gasteiger partial charge on any atom is -0.457 e. The van der Waals surface area contributed by atoms with E-state index < -0.39 is 15.8 Å². The summed E-state index contributed by atoms with van der Waals surface area (Å²) in [7, 11) is 0. The summed E-state index contributed by atoms with van der Waals surface area (Å²) in [5.74, 6) is -0.113. The third-order valence-electron chi connectivity index (χ3n) is 4.38. The first-order valence-corrected chi connectivity index (χ1v) is 9.71. The molecular formula is C21H13BrN4O6. The average molecular weight is 497 g/mol. The zero-order valence-electron chi connectivity index (χ0n) is 16.4. The van der Waals surface area contributed by atoms with Crippen molar-refractivity contribution in [3.05, 3.63) is 90.1 Å². The number of hydrogen-bond donors (Lipinski definition) is 1. The van der Waals surface area contributed by atoms with Crippen molar-refractivity contribution >= 4 is 45.0 Å². The van der Waals surface area contributed by atoms with Crippen LogP contribution in [0.25, 0.3) is 17.4 Å². The van der Waals surface area contributed by atoms with E-state index in [4.69, 9.17) is 4.42 Å². The summed E-state index contributed by atoms with van der Waals surface area (Å²) in [5.41, 5.74) is 0.908. The fraction of sp³-hybridized carbons (Fsp3) is 0.0476. The number of furan rings is 1.